The summed E-state index contributed by atoms with van der Waals surface area (Å²) >= 11 is 0. The first kappa shape index (κ1) is 15.0. The summed E-state index contributed by atoms with van der Waals surface area (Å²) in [6.45, 7) is 5.08. The van der Waals surface area contributed by atoms with Crippen LogP contribution < -0.4 is 0 Å². The van der Waals surface area contributed by atoms with Gasteiger partial charge in [0.2, 0.25) is 0 Å². The maximum Gasteiger partial charge on any atom is 0.354 e. The summed E-state index contributed by atoms with van der Waals surface area (Å²) in [5.74, 6) is -0.0860. The van der Waals surface area contributed by atoms with Crippen LogP contribution in [0.25, 0.3) is 0 Å². The predicted molar refractivity (Wildman–Crippen MR) is 78.7 cm³/mol. The standard InChI is InChI=1S/C16H24N2O2/c1-2-5-13-6-4-10-18(11-8-13)12-14-7-3-9-17-15(14)16(19)20/h3,7,9,13H,2,4-6,8,10-12H2,1H3,(H,19,20). The van der Waals surface area contributed by atoms with E-state index < -0.39 is 5.97 Å². The Labute approximate surface area is 120 Å². The number of carbonyl (C=O) groups is 1. The van der Waals surface area contributed by atoms with Crippen LogP contribution in [0.15, 0.2) is 18.3 Å². The molecule has 0 saturated carbocycles. The van der Waals surface area contributed by atoms with Crippen molar-refractivity contribution < 1.29 is 9.90 Å². The van der Waals surface area contributed by atoms with Gasteiger partial charge in [0.15, 0.2) is 5.69 Å². The van der Waals surface area contributed by atoms with Gasteiger partial charge in [-0.15, -0.1) is 0 Å². The first-order chi connectivity index (χ1) is 9.70. The van der Waals surface area contributed by atoms with Gasteiger partial charge < -0.3 is 5.11 Å². The molecule has 0 aliphatic carbocycles. The molecule has 0 spiro atoms. The topological polar surface area (TPSA) is 53.4 Å². The SMILES string of the molecule is CCCC1CCCN(Cc2cccnc2C(=O)O)CC1. The Balaban J connectivity index is 1.98. The van der Waals surface area contributed by atoms with Crippen LogP contribution in [0, 0.1) is 5.92 Å². The minimum atomic E-state index is -0.931. The monoisotopic (exact) mass is 276 g/mol. The summed E-state index contributed by atoms with van der Waals surface area (Å²) in [7, 11) is 0. The zero-order chi connectivity index (χ0) is 14.4. The van der Waals surface area contributed by atoms with Gasteiger partial charge in [-0.05, 0) is 49.9 Å². The molecule has 1 aliphatic rings. The third-order valence-electron chi connectivity index (χ3n) is 4.13. The predicted octanol–water partition coefficient (Wildman–Crippen LogP) is 3.18. The van der Waals surface area contributed by atoms with E-state index in [4.69, 9.17) is 0 Å². The lowest BCUT2D eigenvalue weighted by atomic mass is 9.96. The quantitative estimate of drug-likeness (QED) is 0.897. The number of pyridine rings is 1. The molecule has 0 bridgehead atoms. The van der Waals surface area contributed by atoms with Crippen molar-refractivity contribution in [2.24, 2.45) is 5.92 Å². The molecule has 1 fully saturated rings. The highest BCUT2D eigenvalue weighted by Crippen LogP contribution is 2.23. The van der Waals surface area contributed by atoms with E-state index in [1.165, 1.54) is 32.1 Å². The van der Waals surface area contributed by atoms with Gasteiger partial charge in [-0.25, -0.2) is 9.78 Å². The summed E-state index contributed by atoms with van der Waals surface area (Å²) in [6, 6.07) is 3.70. The number of nitrogens with zero attached hydrogens (tertiary/aromatic N) is 2. The Morgan fingerprint density at radius 2 is 2.30 bits per heavy atom. The molecular formula is C16H24N2O2. The number of likely N-dealkylation sites (tertiary alicyclic amines) is 1. The molecule has 0 radical (unpaired) electrons. The van der Waals surface area contributed by atoms with Crippen molar-refractivity contribution in [3.63, 3.8) is 0 Å². The van der Waals surface area contributed by atoms with Crippen LogP contribution in [-0.4, -0.2) is 34.0 Å². The van der Waals surface area contributed by atoms with Crippen molar-refractivity contribution in [3.8, 4) is 0 Å². The normalized spacial score (nSPS) is 20.6. The van der Waals surface area contributed by atoms with Gasteiger partial charge in [0.25, 0.3) is 0 Å². The van der Waals surface area contributed by atoms with Crippen molar-refractivity contribution in [2.45, 2.75) is 45.6 Å². The molecule has 1 saturated heterocycles. The highest BCUT2D eigenvalue weighted by molar-refractivity contribution is 5.86. The molecule has 1 aromatic heterocycles. The highest BCUT2D eigenvalue weighted by atomic mass is 16.4. The van der Waals surface area contributed by atoms with Gasteiger partial charge in [-0.2, -0.15) is 0 Å². The first-order valence-corrected chi connectivity index (χ1v) is 7.60. The van der Waals surface area contributed by atoms with Gasteiger partial charge in [0, 0.05) is 12.7 Å². The molecular weight excluding hydrogens is 252 g/mol. The maximum absolute atomic E-state index is 11.2. The zero-order valence-electron chi connectivity index (χ0n) is 12.2. The molecule has 110 valence electrons. The molecule has 20 heavy (non-hydrogen) atoms. The molecule has 1 N–H and O–H groups in total. The van der Waals surface area contributed by atoms with Crippen LogP contribution in [-0.2, 0) is 6.54 Å². The van der Waals surface area contributed by atoms with Gasteiger partial charge in [0.1, 0.15) is 0 Å². The summed E-state index contributed by atoms with van der Waals surface area (Å²) in [4.78, 5) is 17.5. The molecule has 0 aromatic carbocycles. The van der Waals surface area contributed by atoms with E-state index in [-0.39, 0.29) is 5.69 Å². The Morgan fingerprint density at radius 3 is 3.05 bits per heavy atom. The van der Waals surface area contributed by atoms with Gasteiger partial charge >= 0.3 is 5.97 Å². The number of hydrogen-bond donors (Lipinski definition) is 1. The lowest BCUT2D eigenvalue weighted by molar-refractivity contribution is 0.0687. The van der Waals surface area contributed by atoms with Crippen molar-refractivity contribution in [3.05, 3.63) is 29.6 Å². The Hall–Kier alpha value is -1.42. The number of aromatic carboxylic acids is 1. The fraction of sp³-hybridized carbons (Fsp3) is 0.625. The van der Waals surface area contributed by atoms with Crippen LogP contribution in [0.2, 0.25) is 0 Å². The number of carboxylic acid groups (broad SMARTS) is 1. The fourth-order valence-corrected chi connectivity index (χ4v) is 3.08. The second kappa shape index (κ2) is 7.39. The Morgan fingerprint density at radius 1 is 1.45 bits per heavy atom. The molecule has 0 amide bonds. The largest absolute Gasteiger partial charge is 0.477 e. The fourth-order valence-electron chi connectivity index (χ4n) is 3.08. The van der Waals surface area contributed by atoms with Crippen molar-refractivity contribution in [1.82, 2.24) is 9.88 Å². The van der Waals surface area contributed by atoms with Crippen LogP contribution in [0.4, 0.5) is 0 Å². The summed E-state index contributed by atoms with van der Waals surface area (Å²) in [5.41, 5.74) is 1.02. The minimum Gasteiger partial charge on any atom is -0.477 e. The zero-order valence-corrected chi connectivity index (χ0v) is 12.2. The van der Waals surface area contributed by atoms with Crippen molar-refractivity contribution >= 4 is 5.97 Å². The third-order valence-corrected chi connectivity index (χ3v) is 4.13. The van der Waals surface area contributed by atoms with E-state index in [1.807, 2.05) is 12.1 Å². The van der Waals surface area contributed by atoms with E-state index >= 15 is 0 Å². The van der Waals surface area contributed by atoms with Crippen LogP contribution in [0.1, 0.15) is 55.1 Å². The molecule has 1 atom stereocenters. The number of hydrogen-bond acceptors (Lipinski definition) is 3. The third kappa shape index (κ3) is 4.04. The van der Waals surface area contributed by atoms with Crippen LogP contribution in [0.5, 0.6) is 0 Å². The van der Waals surface area contributed by atoms with Gasteiger partial charge in [-0.1, -0.05) is 25.8 Å². The van der Waals surface area contributed by atoms with Gasteiger partial charge in [-0.3, -0.25) is 4.90 Å². The van der Waals surface area contributed by atoms with Crippen LogP contribution in [0.3, 0.4) is 0 Å². The summed E-state index contributed by atoms with van der Waals surface area (Å²) in [6.07, 6.45) is 7.89. The van der Waals surface area contributed by atoms with E-state index in [1.54, 1.807) is 6.20 Å². The summed E-state index contributed by atoms with van der Waals surface area (Å²) in [5, 5.41) is 9.18. The smallest absolute Gasteiger partial charge is 0.354 e. The van der Waals surface area contributed by atoms with E-state index in [0.29, 0.717) is 6.54 Å². The first-order valence-electron chi connectivity index (χ1n) is 7.60. The second-order valence-electron chi connectivity index (χ2n) is 5.68. The number of carboxylic acids is 1. The highest BCUT2D eigenvalue weighted by Gasteiger charge is 2.19. The number of aromatic nitrogens is 1. The Bertz CT molecular complexity index is 448. The lowest BCUT2D eigenvalue weighted by Gasteiger charge is -2.20. The minimum absolute atomic E-state index is 0.196. The average Bonchev–Trinajstić information content (AvgIpc) is 2.65. The molecule has 2 heterocycles. The van der Waals surface area contributed by atoms with E-state index in [2.05, 4.69) is 16.8 Å². The Kier molecular flexibility index (Phi) is 5.53. The van der Waals surface area contributed by atoms with Gasteiger partial charge in [0.05, 0.1) is 0 Å². The lowest BCUT2D eigenvalue weighted by Crippen LogP contribution is -2.25. The second-order valence-corrected chi connectivity index (χ2v) is 5.68. The van der Waals surface area contributed by atoms with Crippen molar-refractivity contribution in [1.29, 1.82) is 0 Å². The molecule has 1 aliphatic heterocycles. The molecule has 4 nitrogen and oxygen atoms in total. The average molecular weight is 276 g/mol. The van der Waals surface area contributed by atoms with E-state index in [9.17, 15) is 9.90 Å². The molecule has 1 aromatic rings. The summed E-state index contributed by atoms with van der Waals surface area (Å²) < 4.78 is 0. The molecule has 4 heteroatoms. The maximum atomic E-state index is 11.2. The van der Waals surface area contributed by atoms with Crippen molar-refractivity contribution in [2.75, 3.05) is 13.1 Å². The molecule has 1 unspecified atom stereocenters. The van der Waals surface area contributed by atoms with E-state index in [0.717, 1.165) is 24.6 Å². The number of rotatable bonds is 5. The van der Waals surface area contributed by atoms with Crippen LogP contribution >= 0.6 is 0 Å². The molecule has 2 rings (SSSR count).